The van der Waals surface area contributed by atoms with E-state index in [0.717, 1.165) is 22.0 Å². The molecule has 0 bridgehead atoms. The summed E-state index contributed by atoms with van der Waals surface area (Å²) in [6.45, 7) is 0. The number of hydrogen-bond donors (Lipinski definition) is 2. The van der Waals surface area contributed by atoms with Crippen molar-refractivity contribution < 1.29 is 0 Å². The molecule has 0 unspecified atom stereocenters. The lowest BCUT2D eigenvalue weighted by molar-refractivity contribution is 1.34. The standard InChI is InChI=1S/C14H10N4/c15-7-10-2-1-3-11-12(8-18-14(10)11)9-4-5-17-13(16)6-9/h1-6,8,18H,(H2,16,17). The third-order valence-electron chi connectivity index (χ3n) is 2.93. The maximum absolute atomic E-state index is 9.06. The summed E-state index contributed by atoms with van der Waals surface area (Å²) < 4.78 is 0. The van der Waals surface area contributed by atoms with Crippen LogP contribution in [0.4, 0.5) is 5.82 Å². The molecule has 3 N–H and O–H groups in total. The molecule has 2 aromatic heterocycles. The van der Waals surface area contributed by atoms with E-state index in [1.165, 1.54) is 0 Å². The Bertz CT molecular complexity index is 765. The number of hydrogen-bond acceptors (Lipinski definition) is 3. The Morgan fingerprint density at radius 3 is 2.94 bits per heavy atom. The summed E-state index contributed by atoms with van der Waals surface area (Å²) in [7, 11) is 0. The first-order valence-electron chi connectivity index (χ1n) is 5.51. The molecule has 1 aromatic carbocycles. The lowest BCUT2D eigenvalue weighted by atomic mass is 10.0. The van der Waals surface area contributed by atoms with Gasteiger partial charge in [0.15, 0.2) is 0 Å². The first-order valence-corrected chi connectivity index (χ1v) is 5.51. The van der Waals surface area contributed by atoms with Gasteiger partial charge in [0, 0.05) is 23.3 Å². The molecule has 0 aliphatic carbocycles. The van der Waals surface area contributed by atoms with Crippen LogP contribution in [0.2, 0.25) is 0 Å². The van der Waals surface area contributed by atoms with Gasteiger partial charge >= 0.3 is 0 Å². The first kappa shape index (κ1) is 10.4. The zero-order chi connectivity index (χ0) is 12.5. The molecule has 3 rings (SSSR count). The average molecular weight is 234 g/mol. The number of H-pyrrole nitrogens is 1. The van der Waals surface area contributed by atoms with Gasteiger partial charge in [-0.1, -0.05) is 12.1 Å². The smallest absolute Gasteiger partial charge is 0.123 e. The SMILES string of the molecule is N#Cc1cccc2c(-c3ccnc(N)c3)c[nH]c12. The number of nitriles is 1. The van der Waals surface area contributed by atoms with E-state index in [1.54, 1.807) is 12.3 Å². The minimum Gasteiger partial charge on any atom is -0.384 e. The van der Waals surface area contributed by atoms with E-state index in [2.05, 4.69) is 16.0 Å². The Balaban J connectivity index is 2.29. The van der Waals surface area contributed by atoms with Gasteiger partial charge < -0.3 is 10.7 Å². The van der Waals surface area contributed by atoms with Crippen molar-refractivity contribution in [3.63, 3.8) is 0 Å². The highest BCUT2D eigenvalue weighted by molar-refractivity contribution is 5.98. The lowest BCUT2D eigenvalue weighted by Crippen LogP contribution is -1.88. The average Bonchev–Trinajstić information content (AvgIpc) is 2.82. The van der Waals surface area contributed by atoms with Gasteiger partial charge in [0.05, 0.1) is 11.1 Å². The van der Waals surface area contributed by atoms with Crippen LogP contribution in [-0.4, -0.2) is 9.97 Å². The van der Waals surface area contributed by atoms with E-state index >= 15 is 0 Å². The van der Waals surface area contributed by atoms with Gasteiger partial charge in [-0.2, -0.15) is 5.26 Å². The number of pyridine rings is 1. The topological polar surface area (TPSA) is 78.5 Å². The van der Waals surface area contributed by atoms with E-state index in [1.807, 2.05) is 30.5 Å². The molecule has 0 spiro atoms. The molecule has 0 aliphatic heterocycles. The van der Waals surface area contributed by atoms with Crippen molar-refractivity contribution in [1.82, 2.24) is 9.97 Å². The van der Waals surface area contributed by atoms with Crippen LogP contribution in [0, 0.1) is 11.3 Å². The fourth-order valence-corrected chi connectivity index (χ4v) is 2.10. The lowest BCUT2D eigenvalue weighted by Gasteiger charge is -2.00. The van der Waals surface area contributed by atoms with E-state index in [0.29, 0.717) is 11.4 Å². The van der Waals surface area contributed by atoms with Gasteiger partial charge in [-0.15, -0.1) is 0 Å². The maximum Gasteiger partial charge on any atom is 0.123 e. The maximum atomic E-state index is 9.06. The van der Waals surface area contributed by atoms with Crippen LogP contribution < -0.4 is 5.73 Å². The Morgan fingerprint density at radius 1 is 1.28 bits per heavy atom. The molecule has 0 fully saturated rings. The van der Waals surface area contributed by atoms with Crippen molar-refractivity contribution in [1.29, 1.82) is 5.26 Å². The number of para-hydroxylation sites is 1. The number of anilines is 1. The molecule has 4 heteroatoms. The van der Waals surface area contributed by atoms with Crippen LogP contribution in [-0.2, 0) is 0 Å². The molecule has 86 valence electrons. The molecule has 0 radical (unpaired) electrons. The monoisotopic (exact) mass is 234 g/mol. The molecule has 2 heterocycles. The van der Waals surface area contributed by atoms with Crippen LogP contribution in [0.1, 0.15) is 5.56 Å². The Morgan fingerprint density at radius 2 is 2.17 bits per heavy atom. The first-order chi connectivity index (χ1) is 8.79. The van der Waals surface area contributed by atoms with Crippen molar-refractivity contribution in [2.75, 3.05) is 5.73 Å². The van der Waals surface area contributed by atoms with Crippen LogP contribution >= 0.6 is 0 Å². The van der Waals surface area contributed by atoms with Gasteiger partial charge in [-0.3, -0.25) is 0 Å². The van der Waals surface area contributed by atoms with Crippen LogP contribution in [0.5, 0.6) is 0 Å². The predicted octanol–water partition coefficient (Wildman–Crippen LogP) is 2.68. The summed E-state index contributed by atoms with van der Waals surface area (Å²) in [5, 5.41) is 10.1. The van der Waals surface area contributed by atoms with Gasteiger partial charge in [0.25, 0.3) is 0 Å². The summed E-state index contributed by atoms with van der Waals surface area (Å²) in [5.74, 6) is 0.485. The minimum atomic E-state index is 0.485. The molecule has 0 atom stereocenters. The minimum absolute atomic E-state index is 0.485. The second-order valence-electron chi connectivity index (χ2n) is 4.01. The molecule has 3 aromatic rings. The summed E-state index contributed by atoms with van der Waals surface area (Å²) in [6, 6.07) is 11.6. The highest BCUT2D eigenvalue weighted by Gasteiger charge is 2.09. The molecule has 4 nitrogen and oxygen atoms in total. The highest BCUT2D eigenvalue weighted by Crippen LogP contribution is 2.30. The largest absolute Gasteiger partial charge is 0.384 e. The number of nitrogens with one attached hydrogen (secondary N) is 1. The van der Waals surface area contributed by atoms with Gasteiger partial charge in [-0.05, 0) is 23.8 Å². The number of benzene rings is 1. The summed E-state index contributed by atoms with van der Waals surface area (Å²) in [6.07, 6.45) is 3.57. The van der Waals surface area contributed by atoms with Crippen molar-refractivity contribution in [2.45, 2.75) is 0 Å². The van der Waals surface area contributed by atoms with Gasteiger partial charge in [0.2, 0.25) is 0 Å². The van der Waals surface area contributed by atoms with E-state index in [-0.39, 0.29) is 0 Å². The Hall–Kier alpha value is -2.80. The molecule has 0 saturated carbocycles. The zero-order valence-electron chi connectivity index (χ0n) is 9.51. The number of nitrogens with zero attached hydrogens (tertiary/aromatic N) is 2. The van der Waals surface area contributed by atoms with Gasteiger partial charge in [0.1, 0.15) is 11.9 Å². The second-order valence-corrected chi connectivity index (χ2v) is 4.01. The number of aromatic amines is 1. The van der Waals surface area contributed by atoms with Crippen LogP contribution in [0.3, 0.4) is 0 Å². The van der Waals surface area contributed by atoms with E-state index in [9.17, 15) is 0 Å². The second kappa shape index (κ2) is 3.90. The van der Waals surface area contributed by atoms with E-state index < -0.39 is 0 Å². The zero-order valence-corrected chi connectivity index (χ0v) is 9.51. The molecular formula is C14H10N4. The normalized spacial score (nSPS) is 10.4. The molecule has 0 amide bonds. The van der Waals surface area contributed by atoms with Crippen molar-refractivity contribution in [2.24, 2.45) is 0 Å². The number of nitrogen functional groups attached to an aromatic ring is 1. The molecule has 0 saturated heterocycles. The van der Waals surface area contributed by atoms with Crippen LogP contribution in [0.15, 0.2) is 42.7 Å². The molecule has 18 heavy (non-hydrogen) atoms. The number of aromatic nitrogens is 2. The fourth-order valence-electron chi connectivity index (χ4n) is 2.10. The Kier molecular flexibility index (Phi) is 2.24. The van der Waals surface area contributed by atoms with E-state index in [4.69, 9.17) is 11.0 Å². The van der Waals surface area contributed by atoms with Crippen LogP contribution in [0.25, 0.3) is 22.0 Å². The number of fused-ring (bicyclic) bond motifs is 1. The van der Waals surface area contributed by atoms with Crippen molar-refractivity contribution >= 4 is 16.7 Å². The molecular weight excluding hydrogens is 224 g/mol. The number of nitrogens with two attached hydrogens (primary N) is 1. The Labute approximate surface area is 104 Å². The third-order valence-corrected chi connectivity index (χ3v) is 2.93. The summed E-state index contributed by atoms with van der Waals surface area (Å²) >= 11 is 0. The van der Waals surface area contributed by atoms with Crippen molar-refractivity contribution in [3.05, 3.63) is 48.3 Å². The predicted molar refractivity (Wildman–Crippen MR) is 70.7 cm³/mol. The van der Waals surface area contributed by atoms with Crippen molar-refractivity contribution in [3.8, 4) is 17.2 Å². The van der Waals surface area contributed by atoms with Gasteiger partial charge in [-0.25, -0.2) is 4.98 Å². The number of rotatable bonds is 1. The molecule has 0 aliphatic rings. The quantitative estimate of drug-likeness (QED) is 0.679. The fraction of sp³-hybridized carbons (Fsp3) is 0. The third kappa shape index (κ3) is 1.50. The summed E-state index contributed by atoms with van der Waals surface area (Å²) in [5.41, 5.74) is 9.20. The highest BCUT2D eigenvalue weighted by atomic mass is 14.8. The summed E-state index contributed by atoms with van der Waals surface area (Å²) in [4.78, 5) is 7.12.